The minimum atomic E-state index is -0.203. The van der Waals surface area contributed by atoms with Gasteiger partial charge in [0.05, 0.1) is 22.9 Å². The molecule has 0 aliphatic heterocycles. The van der Waals surface area contributed by atoms with Gasteiger partial charge < -0.3 is 4.74 Å². The minimum Gasteiger partial charge on any atom is -0.493 e. The molecular formula is C18H17Cl3N2O2. The van der Waals surface area contributed by atoms with Gasteiger partial charge in [-0.1, -0.05) is 46.9 Å². The number of aryl methyl sites for hydroxylation is 1. The van der Waals surface area contributed by atoms with E-state index in [1.165, 1.54) is 6.21 Å². The molecule has 2 aromatic carbocycles. The molecule has 0 unspecified atom stereocenters. The second kappa shape index (κ2) is 9.66. The molecule has 0 atom stereocenters. The van der Waals surface area contributed by atoms with Crippen molar-refractivity contribution in [2.45, 2.75) is 19.8 Å². The Kier molecular flexibility index (Phi) is 7.56. The first-order valence-corrected chi connectivity index (χ1v) is 8.75. The lowest BCUT2D eigenvalue weighted by Gasteiger charge is -2.08. The zero-order chi connectivity index (χ0) is 18.2. The van der Waals surface area contributed by atoms with Crippen LogP contribution in [0.3, 0.4) is 0 Å². The van der Waals surface area contributed by atoms with E-state index in [4.69, 9.17) is 39.5 Å². The molecule has 0 spiro atoms. The number of carbonyl (C=O) groups is 1. The fourth-order valence-corrected chi connectivity index (χ4v) is 2.62. The molecule has 0 saturated carbocycles. The summed E-state index contributed by atoms with van der Waals surface area (Å²) in [6.45, 7) is 2.35. The van der Waals surface area contributed by atoms with Crippen LogP contribution in [-0.4, -0.2) is 18.7 Å². The minimum absolute atomic E-state index is 0.203. The van der Waals surface area contributed by atoms with Gasteiger partial charge in [0.2, 0.25) is 5.91 Å². The standard InChI is InChI=1S/C18H17Cl3N2O2/c1-12-10-14(19)7-8-16(12)25-9-3-6-17(24)23-22-11-13-4-2-5-15(20)18(13)21/h2,4-5,7-8,10-11H,3,6,9H2,1H3,(H,23,24)/b22-11+. The fourth-order valence-electron chi connectivity index (χ4n) is 2.04. The highest BCUT2D eigenvalue weighted by atomic mass is 35.5. The number of rotatable bonds is 7. The zero-order valence-electron chi connectivity index (χ0n) is 13.6. The fraction of sp³-hybridized carbons (Fsp3) is 0.222. The summed E-state index contributed by atoms with van der Waals surface area (Å²) in [7, 11) is 0. The monoisotopic (exact) mass is 398 g/mol. The molecule has 0 bridgehead atoms. The van der Waals surface area contributed by atoms with Crippen LogP contribution < -0.4 is 10.2 Å². The molecule has 0 aliphatic carbocycles. The maximum atomic E-state index is 11.8. The van der Waals surface area contributed by atoms with Crippen molar-refractivity contribution in [3.8, 4) is 5.75 Å². The smallest absolute Gasteiger partial charge is 0.240 e. The van der Waals surface area contributed by atoms with Gasteiger partial charge in [-0.25, -0.2) is 5.43 Å². The van der Waals surface area contributed by atoms with E-state index in [0.717, 1.165) is 11.3 Å². The summed E-state index contributed by atoms with van der Waals surface area (Å²) < 4.78 is 5.64. The maximum Gasteiger partial charge on any atom is 0.240 e. The largest absolute Gasteiger partial charge is 0.493 e. The van der Waals surface area contributed by atoms with Crippen LogP contribution in [0.1, 0.15) is 24.0 Å². The molecule has 25 heavy (non-hydrogen) atoms. The Hall–Kier alpha value is -1.75. The molecule has 7 heteroatoms. The van der Waals surface area contributed by atoms with Gasteiger partial charge in [0.15, 0.2) is 0 Å². The first kappa shape index (κ1) is 19.6. The van der Waals surface area contributed by atoms with Crippen molar-refractivity contribution >= 4 is 46.9 Å². The van der Waals surface area contributed by atoms with Crippen LogP contribution in [0.2, 0.25) is 15.1 Å². The number of ether oxygens (including phenoxy) is 1. The second-order valence-corrected chi connectivity index (χ2v) is 6.52. The Morgan fingerprint density at radius 3 is 2.80 bits per heavy atom. The average molecular weight is 400 g/mol. The van der Waals surface area contributed by atoms with Gasteiger partial charge in [0.25, 0.3) is 0 Å². The molecule has 132 valence electrons. The molecule has 1 amide bonds. The molecule has 2 rings (SSSR count). The quantitative estimate of drug-likeness (QED) is 0.392. The van der Waals surface area contributed by atoms with Crippen LogP contribution in [0, 0.1) is 6.92 Å². The number of hydrogen-bond donors (Lipinski definition) is 1. The van der Waals surface area contributed by atoms with E-state index in [9.17, 15) is 4.79 Å². The van der Waals surface area contributed by atoms with Gasteiger partial charge in [0, 0.05) is 17.0 Å². The Labute approximate surface area is 161 Å². The normalized spacial score (nSPS) is 10.9. The Balaban J connectivity index is 1.72. The van der Waals surface area contributed by atoms with Crippen LogP contribution >= 0.6 is 34.8 Å². The van der Waals surface area contributed by atoms with Gasteiger partial charge in [-0.3, -0.25) is 4.79 Å². The molecule has 0 heterocycles. The van der Waals surface area contributed by atoms with Crippen LogP contribution in [0.4, 0.5) is 0 Å². The Morgan fingerprint density at radius 2 is 2.04 bits per heavy atom. The average Bonchev–Trinajstić information content (AvgIpc) is 2.57. The highest BCUT2D eigenvalue weighted by Crippen LogP contribution is 2.24. The molecule has 0 saturated heterocycles. The third-order valence-electron chi connectivity index (χ3n) is 3.32. The van der Waals surface area contributed by atoms with Gasteiger partial charge in [0.1, 0.15) is 5.75 Å². The van der Waals surface area contributed by atoms with Crippen molar-refractivity contribution in [3.63, 3.8) is 0 Å². The molecule has 0 fully saturated rings. The zero-order valence-corrected chi connectivity index (χ0v) is 15.8. The molecule has 0 aromatic heterocycles. The number of nitrogens with one attached hydrogen (secondary N) is 1. The van der Waals surface area contributed by atoms with Crippen molar-refractivity contribution in [2.75, 3.05) is 6.61 Å². The van der Waals surface area contributed by atoms with Crippen molar-refractivity contribution in [2.24, 2.45) is 5.10 Å². The van der Waals surface area contributed by atoms with Crippen molar-refractivity contribution in [1.82, 2.24) is 5.43 Å². The lowest BCUT2D eigenvalue weighted by molar-refractivity contribution is -0.121. The Bertz CT molecular complexity index is 779. The summed E-state index contributed by atoms with van der Waals surface area (Å²) >= 11 is 17.8. The van der Waals surface area contributed by atoms with Gasteiger partial charge in [-0.2, -0.15) is 5.10 Å². The first-order chi connectivity index (χ1) is 12.0. The van der Waals surface area contributed by atoms with E-state index in [1.807, 2.05) is 19.1 Å². The number of hydrazone groups is 1. The number of hydrogen-bond acceptors (Lipinski definition) is 3. The molecule has 0 radical (unpaired) electrons. The molecule has 4 nitrogen and oxygen atoms in total. The number of carbonyl (C=O) groups excluding carboxylic acids is 1. The summed E-state index contributed by atoms with van der Waals surface area (Å²) in [5, 5.41) is 5.38. The van der Waals surface area contributed by atoms with E-state index in [2.05, 4.69) is 10.5 Å². The first-order valence-electron chi connectivity index (χ1n) is 7.62. The summed E-state index contributed by atoms with van der Waals surface area (Å²) in [5.41, 5.74) is 4.04. The third-order valence-corrected chi connectivity index (χ3v) is 4.39. The summed E-state index contributed by atoms with van der Waals surface area (Å²) in [6, 6.07) is 10.6. The molecule has 0 aliphatic rings. The van der Waals surface area contributed by atoms with Gasteiger partial charge in [-0.05, 0) is 43.2 Å². The molecular weight excluding hydrogens is 383 g/mol. The van der Waals surface area contributed by atoms with E-state index >= 15 is 0 Å². The summed E-state index contributed by atoms with van der Waals surface area (Å²) in [5.74, 6) is 0.559. The topological polar surface area (TPSA) is 50.7 Å². The van der Waals surface area contributed by atoms with Crippen LogP contribution in [0.25, 0.3) is 0 Å². The predicted molar refractivity (Wildman–Crippen MR) is 103 cm³/mol. The lowest BCUT2D eigenvalue weighted by Crippen LogP contribution is -2.18. The third kappa shape index (κ3) is 6.24. The maximum absolute atomic E-state index is 11.8. The van der Waals surface area contributed by atoms with Crippen LogP contribution in [0.15, 0.2) is 41.5 Å². The van der Waals surface area contributed by atoms with Crippen LogP contribution in [-0.2, 0) is 4.79 Å². The highest BCUT2D eigenvalue weighted by molar-refractivity contribution is 6.43. The molecule has 1 N–H and O–H groups in total. The van der Waals surface area contributed by atoms with Gasteiger partial charge >= 0.3 is 0 Å². The van der Waals surface area contributed by atoms with E-state index in [0.29, 0.717) is 40.1 Å². The van der Waals surface area contributed by atoms with E-state index in [-0.39, 0.29) is 5.91 Å². The summed E-state index contributed by atoms with van der Waals surface area (Å²) in [4.78, 5) is 11.8. The van der Waals surface area contributed by atoms with E-state index < -0.39 is 0 Å². The summed E-state index contributed by atoms with van der Waals surface area (Å²) in [6.07, 6.45) is 2.33. The van der Waals surface area contributed by atoms with Gasteiger partial charge in [-0.15, -0.1) is 0 Å². The van der Waals surface area contributed by atoms with Crippen molar-refractivity contribution in [1.29, 1.82) is 0 Å². The van der Waals surface area contributed by atoms with E-state index in [1.54, 1.807) is 24.3 Å². The lowest BCUT2D eigenvalue weighted by atomic mass is 10.2. The number of amides is 1. The van der Waals surface area contributed by atoms with Crippen molar-refractivity contribution in [3.05, 3.63) is 62.6 Å². The number of halogens is 3. The van der Waals surface area contributed by atoms with Crippen LogP contribution in [0.5, 0.6) is 5.75 Å². The predicted octanol–water partition coefficient (Wildman–Crippen LogP) is 5.26. The molecule has 2 aromatic rings. The second-order valence-electron chi connectivity index (χ2n) is 5.30. The van der Waals surface area contributed by atoms with Crippen molar-refractivity contribution < 1.29 is 9.53 Å². The Morgan fingerprint density at radius 1 is 1.24 bits per heavy atom. The SMILES string of the molecule is Cc1cc(Cl)ccc1OCCCC(=O)N/N=C/c1cccc(Cl)c1Cl. The highest BCUT2D eigenvalue weighted by Gasteiger charge is 2.04. The number of benzene rings is 2. The number of nitrogens with zero attached hydrogens (tertiary/aromatic N) is 1.